The summed E-state index contributed by atoms with van der Waals surface area (Å²) in [5.41, 5.74) is 6.07. The van der Waals surface area contributed by atoms with Gasteiger partial charge >= 0.3 is 0 Å². The zero-order valence-electron chi connectivity index (χ0n) is 17.5. The van der Waals surface area contributed by atoms with E-state index in [2.05, 4.69) is 10.7 Å². The number of fused-ring (bicyclic) bond motifs is 3. The molecule has 30 heavy (non-hydrogen) atoms. The summed E-state index contributed by atoms with van der Waals surface area (Å²) in [5.74, 6) is -1.36. The number of hydrogen-bond acceptors (Lipinski definition) is 3. The average molecular weight is 405 g/mol. The largest absolute Gasteiger partial charge is 0.344 e. The van der Waals surface area contributed by atoms with E-state index in [-0.39, 0.29) is 18.2 Å². The molecule has 0 radical (unpaired) electrons. The van der Waals surface area contributed by atoms with Crippen molar-refractivity contribution in [3.8, 4) is 11.1 Å². The SMILES string of the molecule is CC/C=C/CC(=O)N[C@@H](C)C(=O)NN1C(=O)C(C)c2ccccc2-c2ccccc21. The summed E-state index contributed by atoms with van der Waals surface area (Å²) in [6.07, 6.45) is 4.73. The van der Waals surface area contributed by atoms with E-state index in [9.17, 15) is 14.4 Å². The zero-order chi connectivity index (χ0) is 21.7. The number of amides is 3. The van der Waals surface area contributed by atoms with Crippen LogP contribution in [0.25, 0.3) is 11.1 Å². The Bertz CT molecular complexity index is 983. The predicted molar refractivity (Wildman–Crippen MR) is 118 cm³/mol. The van der Waals surface area contributed by atoms with Gasteiger partial charge in [0.2, 0.25) is 5.91 Å². The molecule has 0 spiro atoms. The number of anilines is 1. The van der Waals surface area contributed by atoms with Crippen molar-refractivity contribution in [1.29, 1.82) is 0 Å². The van der Waals surface area contributed by atoms with Gasteiger partial charge in [0.25, 0.3) is 11.8 Å². The molecule has 0 saturated heterocycles. The van der Waals surface area contributed by atoms with Gasteiger partial charge in [0.15, 0.2) is 0 Å². The molecule has 1 unspecified atom stereocenters. The molecule has 0 bridgehead atoms. The first-order valence-electron chi connectivity index (χ1n) is 10.2. The summed E-state index contributed by atoms with van der Waals surface area (Å²) < 4.78 is 0. The lowest BCUT2D eigenvalue weighted by molar-refractivity contribution is -0.130. The van der Waals surface area contributed by atoms with Crippen LogP contribution in [0.1, 0.15) is 45.1 Å². The summed E-state index contributed by atoms with van der Waals surface area (Å²) in [6.45, 7) is 5.42. The first-order chi connectivity index (χ1) is 14.4. The fourth-order valence-electron chi connectivity index (χ4n) is 3.51. The lowest BCUT2D eigenvalue weighted by Gasteiger charge is -2.26. The number of nitrogens with one attached hydrogen (secondary N) is 2. The van der Waals surface area contributed by atoms with Gasteiger partial charge in [-0.1, -0.05) is 61.5 Å². The van der Waals surface area contributed by atoms with E-state index in [1.54, 1.807) is 19.1 Å². The van der Waals surface area contributed by atoms with Crippen molar-refractivity contribution >= 4 is 23.4 Å². The first kappa shape index (κ1) is 21.3. The van der Waals surface area contributed by atoms with Crippen molar-refractivity contribution in [3.05, 3.63) is 66.2 Å². The number of hydrazine groups is 1. The summed E-state index contributed by atoms with van der Waals surface area (Å²) in [4.78, 5) is 38.0. The Kier molecular flexibility index (Phi) is 6.67. The minimum absolute atomic E-state index is 0.212. The molecule has 6 nitrogen and oxygen atoms in total. The lowest BCUT2D eigenvalue weighted by atomic mass is 9.92. The Hall–Kier alpha value is -3.41. The molecule has 1 aliphatic heterocycles. The molecule has 156 valence electrons. The van der Waals surface area contributed by atoms with Crippen molar-refractivity contribution in [2.45, 2.75) is 45.6 Å². The Labute approximate surface area is 176 Å². The van der Waals surface area contributed by atoms with E-state index < -0.39 is 17.9 Å². The Morgan fingerprint density at radius 3 is 2.47 bits per heavy atom. The van der Waals surface area contributed by atoms with Crippen LogP contribution in [-0.4, -0.2) is 23.8 Å². The number of rotatable bonds is 6. The number of carbonyl (C=O) groups is 3. The topological polar surface area (TPSA) is 78.5 Å². The van der Waals surface area contributed by atoms with Crippen LogP contribution in [0.2, 0.25) is 0 Å². The summed E-state index contributed by atoms with van der Waals surface area (Å²) in [7, 11) is 0. The number of nitrogens with zero attached hydrogens (tertiary/aromatic N) is 1. The van der Waals surface area contributed by atoms with Gasteiger partial charge in [-0.3, -0.25) is 19.8 Å². The average Bonchev–Trinajstić information content (AvgIpc) is 2.84. The van der Waals surface area contributed by atoms with Crippen LogP contribution >= 0.6 is 0 Å². The molecule has 2 N–H and O–H groups in total. The van der Waals surface area contributed by atoms with E-state index in [0.29, 0.717) is 5.69 Å². The Morgan fingerprint density at radius 1 is 1.07 bits per heavy atom. The standard InChI is InChI=1S/C24H27N3O3/c1-4-5-6-15-22(28)25-17(3)23(29)26-27-21-14-10-9-13-20(21)19-12-8-7-11-18(19)16(2)24(27)30/h5-14,16-17H,4,15H2,1-3H3,(H,25,28)(H,26,29)/b6-5+/t16?,17-/m0/s1. The molecule has 3 rings (SSSR count). The van der Waals surface area contributed by atoms with Crippen molar-refractivity contribution in [1.82, 2.24) is 10.7 Å². The number of allylic oxidation sites excluding steroid dienone is 1. The second-order valence-corrected chi connectivity index (χ2v) is 7.35. The Balaban J connectivity index is 1.84. The fourth-order valence-corrected chi connectivity index (χ4v) is 3.51. The number of carbonyl (C=O) groups excluding carboxylic acids is 3. The zero-order valence-corrected chi connectivity index (χ0v) is 17.5. The summed E-state index contributed by atoms with van der Waals surface area (Å²) in [5, 5.41) is 3.98. The van der Waals surface area contributed by atoms with Gasteiger partial charge in [0, 0.05) is 12.0 Å². The van der Waals surface area contributed by atoms with Crippen molar-refractivity contribution < 1.29 is 14.4 Å². The molecule has 2 atom stereocenters. The summed E-state index contributed by atoms with van der Waals surface area (Å²) >= 11 is 0. The smallest absolute Gasteiger partial charge is 0.261 e. The van der Waals surface area contributed by atoms with Crippen LogP contribution in [0.3, 0.4) is 0 Å². The molecule has 2 aromatic rings. The van der Waals surface area contributed by atoms with Crippen LogP contribution in [0, 0.1) is 0 Å². The number of benzene rings is 2. The van der Waals surface area contributed by atoms with E-state index in [1.807, 2.05) is 62.4 Å². The number of para-hydroxylation sites is 1. The first-order valence-corrected chi connectivity index (χ1v) is 10.2. The molecule has 2 aromatic carbocycles. The highest BCUT2D eigenvalue weighted by Gasteiger charge is 2.33. The molecule has 0 aromatic heterocycles. The van der Waals surface area contributed by atoms with Crippen LogP contribution in [0.5, 0.6) is 0 Å². The Morgan fingerprint density at radius 2 is 1.73 bits per heavy atom. The molecule has 1 heterocycles. The number of hydrogen-bond donors (Lipinski definition) is 2. The maximum absolute atomic E-state index is 13.2. The third-order valence-electron chi connectivity index (χ3n) is 5.15. The molecule has 0 fully saturated rings. The minimum Gasteiger partial charge on any atom is -0.344 e. The van der Waals surface area contributed by atoms with Crippen molar-refractivity contribution in [2.75, 3.05) is 5.01 Å². The van der Waals surface area contributed by atoms with E-state index in [1.165, 1.54) is 5.01 Å². The molecule has 6 heteroatoms. The van der Waals surface area contributed by atoms with Crippen LogP contribution < -0.4 is 15.8 Å². The van der Waals surface area contributed by atoms with Gasteiger partial charge in [0.1, 0.15) is 6.04 Å². The molecule has 0 saturated carbocycles. The molecule has 1 aliphatic rings. The normalized spacial score (nSPS) is 16.4. The highest BCUT2D eigenvalue weighted by molar-refractivity contribution is 6.06. The quantitative estimate of drug-likeness (QED) is 0.720. The van der Waals surface area contributed by atoms with Crippen LogP contribution in [0.15, 0.2) is 60.7 Å². The van der Waals surface area contributed by atoms with Gasteiger partial charge in [0.05, 0.1) is 11.6 Å². The van der Waals surface area contributed by atoms with E-state index in [0.717, 1.165) is 23.1 Å². The van der Waals surface area contributed by atoms with Crippen molar-refractivity contribution in [3.63, 3.8) is 0 Å². The molecule has 0 aliphatic carbocycles. The maximum atomic E-state index is 13.2. The minimum atomic E-state index is -0.784. The third kappa shape index (κ3) is 4.43. The van der Waals surface area contributed by atoms with Gasteiger partial charge in [-0.15, -0.1) is 0 Å². The van der Waals surface area contributed by atoms with Crippen LogP contribution in [0.4, 0.5) is 5.69 Å². The highest BCUT2D eigenvalue weighted by atomic mass is 16.2. The maximum Gasteiger partial charge on any atom is 0.261 e. The summed E-state index contributed by atoms with van der Waals surface area (Å²) in [6, 6.07) is 14.5. The third-order valence-corrected chi connectivity index (χ3v) is 5.15. The second kappa shape index (κ2) is 9.39. The molecular weight excluding hydrogens is 378 g/mol. The van der Waals surface area contributed by atoms with Crippen LogP contribution in [-0.2, 0) is 14.4 Å². The van der Waals surface area contributed by atoms with Crippen molar-refractivity contribution in [2.24, 2.45) is 0 Å². The van der Waals surface area contributed by atoms with Gasteiger partial charge in [-0.2, -0.15) is 0 Å². The molecule has 3 amide bonds. The predicted octanol–water partition coefficient (Wildman–Crippen LogP) is 3.70. The second-order valence-electron chi connectivity index (χ2n) is 7.35. The van der Waals surface area contributed by atoms with Gasteiger partial charge in [-0.25, -0.2) is 5.01 Å². The fraction of sp³-hybridized carbons (Fsp3) is 0.292. The lowest BCUT2D eigenvalue weighted by Crippen LogP contribution is -2.54. The van der Waals surface area contributed by atoms with Gasteiger partial charge in [-0.05, 0) is 37.5 Å². The molecular formula is C24H27N3O3. The van der Waals surface area contributed by atoms with Gasteiger partial charge < -0.3 is 5.32 Å². The van der Waals surface area contributed by atoms with E-state index >= 15 is 0 Å². The highest BCUT2D eigenvalue weighted by Crippen LogP contribution is 2.39. The monoisotopic (exact) mass is 405 g/mol. The van der Waals surface area contributed by atoms with E-state index in [4.69, 9.17) is 0 Å².